The van der Waals surface area contributed by atoms with Crippen LogP contribution in [0.1, 0.15) is 21.7 Å². The van der Waals surface area contributed by atoms with Crippen LogP contribution < -0.4 is 0 Å². The van der Waals surface area contributed by atoms with Crippen LogP contribution in [0.2, 0.25) is 0 Å². The second-order valence-corrected chi connectivity index (χ2v) is 5.82. The molecule has 8 heteroatoms. The van der Waals surface area contributed by atoms with Gasteiger partial charge in [0.25, 0.3) is 5.91 Å². The fraction of sp³-hybridized carbons (Fsp3) is 0.231. The smallest absolute Gasteiger partial charge is 0.259 e. The van der Waals surface area contributed by atoms with Gasteiger partial charge in [0.2, 0.25) is 0 Å². The molecule has 4 heterocycles. The number of carbonyl (C=O) groups is 1. The molecule has 0 aliphatic carbocycles. The largest absolute Gasteiger partial charge is 0.347 e. The average molecular weight is 347 g/mol. The molecule has 0 atom stereocenters. The van der Waals surface area contributed by atoms with Crippen molar-refractivity contribution in [1.82, 2.24) is 29.5 Å². The average Bonchev–Trinajstić information content (AvgIpc) is 3.11. The van der Waals surface area contributed by atoms with Gasteiger partial charge in [-0.05, 0) is 15.9 Å². The van der Waals surface area contributed by atoms with E-state index in [1.54, 1.807) is 34.3 Å². The highest BCUT2D eigenvalue weighted by Gasteiger charge is 2.25. The van der Waals surface area contributed by atoms with Crippen molar-refractivity contribution in [3.8, 4) is 0 Å². The normalized spacial score (nSPS) is 14.4. The Morgan fingerprint density at radius 2 is 2.24 bits per heavy atom. The van der Waals surface area contributed by atoms with Crippen molar-refractivity contribution in [3.05, 3.63) is 46.3 Å². The van der Waals surface area contributed by atoms with Crippen molar-refractivity contribution < 1.29 is 4.79 Å². The van der Waals surface area contributed by atoms with Gasteiger partial charge < -0.3 is 9.88 Å². The minimum atomic E-state index is -0.0555. The lowest BCUT2D eigenvalue weighted by Gasteiger charge is -2.25. The summed E-state index contributed by atoms with van der Waals surface area (Å²) in [6.07, 6.45) is 7.45. The minimum absolute atomic E-state index is 0.0555. The van der Waals surface area contributed by atoms with Gasteiger partial charge in [0.15, 0.2) is 5.65 Å². The summed E-state index contributed by atoms with van der Waals surface area (Å²) >= 11 is 3.34. The van der Waals surface area contributed by atoms with Crippen LogP contribution >= 0.6 is 15.9 Å². The maximum Gasteiger partial charge on any atom is 0.259 e. The first kappa shape index (κ1) is 12.5. The Balaban J connectivity index is 1.68. The topological polar surface area (TPSA) is 79.2 Å². The summed E-state index contributed by atoms with van der Waals surface area (Å²) in [5.74, 6) is -0.0555. The Morgan fingerprint density at radius 3 is 3.14 bits per heavy atom. The Labute approximate surface area is 128 Å². The molecule has 3 aromatic rings. The first-order chi connectivity index (χ1) is 10.2. The summed E-state index contributed by atoms with van der Waals surface area (Å²) in [4.78, 5) is 26.1. The van der Waals surface area contributed by atoms with Crippen molar-refractivity contribution in [2.45, 2.75) is 13.0 Å². The van der Waals surface area contributed by atoms with Gasteiger partial charge in [-0.25, -0.2) is 14.5 Å². The molecule has 1 aliphatic heterocycles. The van der Waals surface area contributed by atoms with Crippen LogP contribution in [0, 0.1) is 0 Å². The van der Waals surface area contributed by atoms with E-state index in [0.29, 0.717) is 24.3 Å². The highest BCUT2D eigenvalue weighted by Crippen LogP contribution is 2.19. The first-order valence-electron chi connectivity index (χ1n) is 6.51. The highest BCUT2D eigenvalue weighted by molar-refractivity contribution is 9.10. The molecule has 1 N–H and O–H groups in total. The number of aromatic nitrogens is 5. The molecular weight excluding hydrogens is 336 g/mol. The predicted octanol–water partition coefficient (Wildman–Crippen LogP) is 1.41. The number of hydrogen-bond acceptors (Lipinski definition) is 4. The number of fused-ring (bicyclic) bond motifs is 2. The van der Waals surface area contributed by atoms with E-state index >= 15 is 0 Å². The molecule has 7 nitrogen and oxygen atoms in total. The maximum atomic E-state index is 12.7. The van der Waals surface area contributed by atoms with E-state index in [2.05, 4.69) is 36.0 Å². The quantitative estimate of drug-likeness (QED) is 0.722. The molecule has 1 amide bonds. The Hall–Kier alpha value is -2.22. The summed E-state index contributed by atoms with van der Waals surface area (Å²) < 4.78 is 2.42. The van der Waals surface area contributed by atoms with E-state index < -0.39 is 0 Å². The lowest BCUT2D eigenvalue weighted by Crippen LogP contribution is -2.36. The lowest BCUT2D eigenvalue weighted by atomic mass is 10.1. The zero-order valence-corrected chi connectivity index (χ0v) is 12.5. The SMILES string of the molecule is O=C(c1cnn2cc(Br)cnc12)N1CCc2nc[nH]c2C1. The van der Waals surface area contributed by atoms with Crippen LogP contribution in [0.5, 0.6) is 0 Å². The number of carbonyl (C=O) groups excluding carboxylic acids is 1. The van der Waals surface area contributed by atoms with Crippen LogP contribution in [0.4, 0.5) is 0 Å². The maximum absolute atomic E-state index is 12.7. The number of nitrogens with one attached hydrogen (secondary N) is 1. The van der Waals surface area contributed by atoms with Crippen LogP contribution in [0.3, 0.4) is 0 Å². The second kappa shape index (κ2) is 4.66. The van der Waals surface area contributed by atoms with E-state index in [4.69, 9.17) is 0 Å². The molecule has 0 saturated carbocycles. The first-order valence-corrected chi connectivity index (χ1v) is 7.31. The molecule has 0 spiro atoms. The number of H-pyrrole nitrogens is 1. The number of rotatable bonds is 1. The summed E-state index contributed by atoms with van der Waals surface area (Å²) in [5.41, 5.74) is 3.13. The van der Waals surface area contributed by atoms with Crippen LogP contribution in [-0.2, 0) is 13.0 Å². The third-order valence-corrected chi connectivity index (χ3v) is 4.03. The molecule has 1 aliphatic rings. The van der Waals surface area contributed by atoms with Crippen molar-refractivity contribution in [2.75, 3.05) is 6.54 Å². The highest BCUT2D eigenvalue weighted by atomic mass is 79.9. The Bertz CT molecular complexity index is 838. The predicted molar refractivity (Wildman–Crippen MR) is 77.7 cm³/mol. The lowest BCUT2D eigenvalue weighted by molar-refractivity contribution is 0.0733. The number of imidazole rings is 1. The van der Waals surface area contributed by atoms with Gasteiger partial charge in [0, 0.05) is 25.4 Å². The second-order valence-electron chi connectivity index (χ2n) is 4.90. The molecule has 0 radical (unpaired) electrons. The fourth-order valence-corrected chi connectivity index (χ4v) is 2.86. The van der Waals surface area contributed by atoms with Gasteiger partial charge in [-0.3, -0.25) is 4.79 Å². The number of aromatic amines is 1. The minimum Gasteiger partial charge on any atom is -0.347 e. The number of halogens is 1. The molecule has 0 unspecified atom stereocenters. The van der Waals surface area contributed by atoms with Gasteiger partial charge in [0.1, 0.15) is 5.56 Å². The van der Waals surface area contributed by atoms with Crippen LogP contribution in [0.15, 0.2) is 29.4 Å². The molecule has 0 aromatic carbocycles. The van der Waals surface area contributed by atoms with E-state index in [1.807, 2.05) is 0 Å². The van der Waals surface area contributed by atoms with E-state index in [9.17, 15) is 4.79 Å². The zero-order chi connectivity index (χ0) is 14.4. The van der Waals surface area contributed by atoms with Crippen molar-refractivity contribution in [2.24, 2.45) is 0 Å². The van der Waals surface area contributed by atoms with E-state index in [-0.39, 0.29) is 5.91 Å². The standard InChI is InChI=1S/C13H11BrN6O/c14-8-3-15-12-9(4-18-20(12)5-8)13(21)19-2-1-10-11(6-19)17-7-16-10/h3-5,7H,1-2,6H2,(H,16,17). The van der Waals surface area contributed by atoms with E-state index in [0.717, 1.165) is 22.3 Å². The molecular formula is C13H11BrN6O. The summed E-state index contributed by atoms with van der Waals surface area (Å²) in [5, 5.41) is 4.19. The Kier molecular flexibility index (Phi) is 2.78. The zero-order valence-electron chi connectivity index (χ0n) is 11.0. The molecule has 0 bridgehead atoms. The summed E-state index contributed by atoms with van der Waals surface area (Å²) in [7, 11) is 0. The third-order valence-electron chi connectivity index (χ3n) is 3.62. The van der Waals surface area contributed by atoms with E-state index in [1.165, 1.54) is 0 Å². The van der Waals surface area contributed by atoms with Crippen molar-refractivity contribution in [1.29, 1.82) is 0 Å². The molecule has 106 valence electrons. The van der Waals surface area contributed by atoms with Crippen molar-refractivity contribution in [3.63, 3.8) is 0 Å². The third kappa shape index (κ3) is 2.02. The monoisotopic (exact) mass is 346 g/mol. The van der Waals surface area contributed by atoms with Gasteiger partial charge >= 0.3 is 0 Å². The van der Waals surface area contributed by atoms with Gasteiger partial charge in [-0.1, -0.05) is 0 Å². The van der Waals surface area contributed by atoms with Crippen LogP contribution in [0.25, 0.3) is 5.65 Å². The molecule has 3 aromatic heterocycles. The number of amides is 1. The van der Waals surface area contributed by atoms with Gasteiger partial charge in [0.05, 0.1) is 34.9 Å². The fourth-order valence-electron chi connectivity index (χ4n) is 2.56. The molecule has 0 saturated heterocycles. The summed E-state index contributed by atoms with van der Waals surface area (Å²) in [6.45, 7) is 1.20. The van der Waals surface area contributed by atoms with Gasteiger partial charge in [-0.15, -0.1) is 0 Å². The number of nitrogens with zero attached hydrogens (tertiary/aromatic N) is 5. The molecule has 4 rings (SSSR count). The van der Waals surface area contributed by atoms with Crippen LogP contribution in [-0.4, -0.2) is 41.9 Å². The Morgan fingerprint density at radius 1 is 1.33 bits per heavy atom. The van der Waals surface area contributed by atoms with Gasteiger partial charge in [-0.2, -0.15) is 5.10 Å². The van der Waals surface area contributed by atoms with Crippen molar-refractivity contribution >= 4 is 27.5 Å². The number of hydrogen-bond donors (Lipinski definition) is 1. The molecule has 21 heavy (non-hydrogen) atoms. The molecule has 0 fully saturated rings. The summed E-state index contributed by atoms with van der Waals surface area (Å²) in [6, 6.07) is 0.